The molecule has 3 aromatic rings. The van der Waals surface area contributed by atoms with E-state index < -0.39 is 23.5 Å². The first-order valence-electron chi connectivity index (χ1n) is 11.5. The van der Waals surface area contributed by atoms with Gasteiger partial charge in [0.2, 0.25) is 11.9 Å². The van der Waals surface area contributed by atoms with Gasteiger partial charge in [-0.25, -0.2) is 13.5 Å². The zero-order valence-corrected chi connectivity index (χ0v) is 18.5. The third-order valence-electron chi connectivity index (χ3n) is 7.17. The summed E-state index contributed by atoms with van der Waals surface area (Å²) in [5, 5.41) is 8.00. The van der Waals surface area contributed by atoms with Crippen LogP contribution in [-0.4, -0.2) is 45.4 Å². The second kappa shape index (κ2) is 8.06. The van der Waals surface area contributed by atoms with E-state index in [0.717, 1.165) is 31.0 Å². The van der Waals surface area contributed by atoms with E-state index in [4.69, 9.17) is 0 Å². The highest BCUT2D eigenvalue weighted by Crippen LogP contribution is 2.41. The van der Waals surface area contributed by atoms with Crippen molar-refractivity contribution in [2.75, 3.05) is 34.8 Å². The van der Waals surface area contributed by atoms with Gasteiger partial charge in [0.05, 0.1) is 6.54 Å². The number of halogens is 5. The van der Waals surface area contributed by atoms with Crippen LogP contribution >= 0.6 is 0 Å². The van der Waals surface area contributed by atoms with Crippen molar-refractivity contribution in [1.82, 2.24) is 19.7 Å². The average Bonchev–Trinajstić information content (AvgIpc) is 3.46. The topological polar surface area (TPSA) is 62.1 Å². The normalized spacial score (nSPS) is 23.6. The molecule has 7 nitrogen and oxygen atoms in total. The molecule has 1 saturated heterocycles. The third kappa shape index (κ3) is 3.94. The summed E-state index contributed by atoms with van der Waals surface area (Å²) < 4.78 is 68.1. The van der Waals surface area contributed by atoms with Gasteiger partial charge in [0.15, 0.2) is 11.6 Å². The van der Waals surface area contributed by atoms with Gasteiger partial charge in [-0.05, 0) is 48.9 Å². The predicted octanol–water partition coefficient (Wildman–Crippen LogP) is 4.45. The van der Waals surface area contributed by atoms with Crippen LogP contribution in [0.25, 0.3) is 0 Å². The van der Waals surface area contributed by atoms with Gasteiger partial charge in [-0.15, -0.1) is 5.10 Å². The first-order valence-corrected chi connectivity index (χ1v) is 11.5. The molecule has 0 amide bonds. The first kappa shape index (κ1) is 22.1. The number of rotatable bonds is 4. The minimum absolute atomic E-state index is 0.106. The number of aromatic nitrogens is 4. The van der Waals surface area contributed by atoms with Crippen LogP contribution in [0.1, 0.15) is 18.5 Å². The van der Waals surface area contributed by atoms with E-state index in [1.54, 1.807) is 15.6 Å². The fraction of sp³-hybridized carbons (Fsp3) is 0.435. The lowest BCUT2D eigenvalue weighted by Crippen LogP contribution is -2.48. The van der Waals surface area contributed by atoms with E-state index in [2.05, 4.69) is 20.4 Å². The zero-order valence-electron chi connectivity index (χ0n) is 18.5. The van der Waals surface area contributed by atoms with Gasteiger partial charge < -0.3 is 15.1 Å². The fourth-order valence-corrected chi connectivity index (χ4v) is 5.53. The molecular formula is C23H22F5N7. The second-order valence-corrected chi connectivity index (χ2v) is 9.28. The summed E-state index contributed by atoms with van der Waals surface area (Å²) in [6, 6.07) is 6.59. The molecule has 35 heavy (non-hydrogen) atoms. The number of hydrogen-bond acceptors (Lipinski definition) is 6. The highest BCUT2D eigenvalue weighted by atomic mass is 19.4. The lowest BCUT2D eigenvalue weighted by Gasteiger charge is -2.39. The van der Waals surface area contributed by atoms with Crippen molar-refractivity contribution >= 4 is 23.3 Å². The SMILES string of the molecule is Fc1ccc(N2CCn3nc(NC4[C@@H]5CC[C@H]4CN(c4ccnc(C(F)(F)F)c4)C5)nc32)cc1F. The van der Waals surface area contributed by atoms with Gasteiger partial charge in [-0.1, -0.05) is 0 Å². The summed E-state index contributed by atoms with van der Waals surface area (Å²) in [7, 11) is 0. The van der Waals surface area contributed by atoms with Crippen LogP contribution in [-0.2, 0) is 12.7 Å². The number of piperidine rings is 1. The number of nitrogens with one attached hydrogen (secondary N) is 1. The van der Waals surface area contributed by atoms with Gasteiger partial charge in [-0.3, -0.25) is 4.98 Å². The van der Waals surface area contributed by atoms with E-state index in [-0.39, 0.29) is 17.9 Å². The summed E-state index contributed by atoms with van der Waals surface area (Å²) in [4.78, 5) is 11.9. The second-order valence-electron chi connectivity index (χ2n) is 9.28. The molecular weight excluding hydrogens is 469 g/mol. The Bertz CT molecular complexity index is 1250. The van der Waals surface area contributed by atoms with E-state index in [1.807, 2.05) is 4.90 Å². The number of anilines is 4. The summed E-state index contributed by atoms with van der Waals surface area (Å²) in [6.07, 6.45) is -1.34. The van der Waals surface area contributed by atoms with Gasteiger partial charge in [0.1, 0.15) is 5.69 Å². The van der Waals surface area contributed by atoms with Crippen molar-refractivity contribution in [3.8, 4) is 0 Å². The minimum Gasteiger partial charge on any atom is -0.371 e. The maximum Gasteiger partial charge on any atom is 0.433 e. The molecule has 2 aliphatic heterocycles. The molecule has 1 saturated carbocycles. The van der Waals surface area contributed by atoms with Gasteiger partial charge in [0, 0.05) is 49.3 Å². The Labute approximate surface area is 197 Å². The Morgan fingerprint density at radius 2 is 1.69 bits per heavy atom. The Hall–Kier alpha value is -3.44. The van der Waals surface area contributed by atoms with E-state index in [1.165, 1.54) is 12.3 Å². The highest BCUT2D eigenvalue weighted by Gasteiger charge is 2.43. The molecule has 6 rings (SSSR count). The van der Waals surface area contributed by atoms with Gasteiger partial charge >= 0.3 is 6.18 Å². The lowest BCUT2D eigenvalue weighted by atomic mass is 9.92. The van der Waals surface area contributed by atoms with Gasteiger partial charge in [0.25, 0.3) is 0 Å². The van der Waals surface area contributed by atoms with Crippen molar-refractivity contribution in [2.24, 2.45) is 11.8 Å². The molecule has 0 radical (unpaired) electrons. The zero-order chi connectivity index (χ0) is 24.3. The average molecular weight is 491 g/mol. The molecule has 3 atom stereocenters. The number of hydrogen-bond donors (Lipinski definition) is 1. The van der Waals surface area contributed by atoms with E-state index in [0.29, 0.717) is 49.5 Å². The third-order valence-corrected chi connectivity index (χ3v) is 7.17. The molecule has 1 aromatic carbocycles. The summed E-state index contributed by atoms with van der Waals surface area (Å²) >= 11 is 0. The standard InChI is InChI=1S/C23H22F5N7/c24-17-4-3-16(9-18(17)25)34-7-8-35-22(34)31-21(32-35)30-20-13-1-2-14(20)12-33(11-13)15-5-6-29-19(10-15)23(26,27)28/h3-6,9-10,13-14,20H,1-2,7-8,11-12H2,(H,30,32)/t13-,14+,20?. The number of nitrogens with zero attached hydrogens (tertiary/aromatic N) is 6. The monoisotopic (exact) mass is 491 g/mol. The summed E-state index contributed by atoms with van der Waals surface area (Å²) in [6.45, 7) is 2.38. The minimum atomic E-state index is -4.48. The molecule has 12 heteroatoms. The van der Waals surface area contributed by atoms with Crippen LogP contribution in [0.3, 0.4) is 0 Å². The Balaban J connectivity index is 1.17. The van der Waals surface area contributed by atoms with Crippen molar-refractivity contribution in [2.45, 2.75) is 31.6 Å². The van der Waals surface area contributed by atoms with Crippen molar-refractivity contribution < 1.29 is 22.0 Å². The van der Waals surface area contributed by atoms with E-state index in [9.17, 15) is 22.0 Å². The largest absolute Gasteiger partial charge is 0.433 e. The Morgan fingerprint density at radius 1 is 0.914 bits per heavy atom. The maximum absolute atomic E-state index is 13.7. The van der Waals surface area contributed by atoms with E-state index >= 15 is 0 Å². The molecule has 3 aliphatic rings. The van der Waals surface area contributed by atoms with Crippen LogP contribution in [0.5, 0.6) is 0 Å². The Kier molecular flexibility index (Phi) is 5.08. The molecule has 2 bridgehead atoms. The van der Waals surface area contributed by atoms with Crippen LogP contribution < -0.4 is 15.1 Å². The molecule has 1 aliphatic carbocycles. The molecule has 4 heterocycles. The molecule has 0 spiro atoms. The fourth-order valence-electron chi connectivity index (χ4n) is 5.53. The first-order chi connectivity index (χ1) is 16.8. The molecule has 1 unspecified atom stereocenters. The summed E-state index contributed by atoms with van der Waals surface area (Å²) in [5.74, 6) is -0.335. The molecule has 2 aromatic heterocycles. The van der Waals surface area contributed by atoms with Crippen molar-refractivity contribution in [3.63, 3.8) is 0 Å². The number of benzene rings is 1. The molecule has 1 N–H and O–H groups in total. The lowest BCUT2D eigenvalue weighted by molar-refractivity contribution is -0.141. The maximum atomic E-state index is 13.7. The highest BCUT2D eigenvalue weighted by molar-refractivity contribution is 5.60. The number of alkyl halides is 3. The van der Waals surface area contributed by atoms with Crippen molar-refractivity contribution in [3.05, 3.63) is 53.9 Å². The smallest absolute Gasteiger partial charge is 0.371 e. The summed E-state index contributed by atoms with van der Waals surface area (Å²) in [5.41, 5.74) is 0.152. The van der Waals surface area contributed by atoms with Crippen LogP contribution in [0.4, 0.5) is 45.2 Å². The predicted molar refractivity (Wildman–Crippen MR) is 118 cm³/mol. The Morgan fingerprint density at radius 3 is 2.40 bits per heavy atom. The van der Waals surface area contributed by atoms with Crippen LogP contribution in [0.2, 0.25) is 0 Å². The molecule has 2 fully saturated rings. The molecule has 184 valence electrons. The van der Waals surface area contributed by atoms with Gasteiger partial charge in [-0.2, -0.15) is 18.2 Å². The van der Waals surface area contributed by atoms with Crippen LogP contribution in [0, 0.1) is 23.5 Å². The van der Waals surface area contributed by atoms with Crippen molar-refractivity contribution in [1.29, 1.82) is 0 Å². The van der Waals surface area contributed by atoms with Crippen LogP contribution in [0.15, 0.2) is 36.5 Å². The number of pyridine rings is 1. The number of fused-ring (bicyclic) bond motifs is 3. The quantitative estimate of drug-likeness (QED) is 0.545.